The van der Waals surface area contributed by atoms with E-state index in [9.17, 15) is 9.18 Å². The average molecular weight is 405 g/mol. The molecule has 132 valence electrons. The Hall–Kier alpha value is -1.94. The summed E-state index contributed by atoms with van der Waals surface area (Å²) in [5.74, 6) is 0.396. The SMILES string of the molecule is O=C(C=Cc1ccc(F)cc1)c1ccc(OCCCCCCBr)cc1. The first-order chi connectivity index (χ1) is 12.2. The number of unbranched alkanes of at least 4 members (excludes halogenated alkanes) is 3. The first-order valence-electron chi connectivity index (χ1n) is 8.46. The molecule has 0 aliphatic rings. The van der Waals surface area contributed by atoms with Gasteiger partial charge in [0.2, 0.25) is 0 Å². The summed E-state index contributed by atoms with van der Waals surface area (Å²) in [5.41, 5.74) is 1.39. The molecule has 0 aliphatic heterocycles. The van der Waals surface area contributed by atoms with Crippen LogP contribution in [0.1, 0.15) is 41.6 Å². The number of carbonyl (C=O) groups is 1. The molecule has 0 atom stereocenters. The van der Waals surface area contributed by atoms with Crippen LogP contribution in [0.25, 0.3) is 6.08 Å². The van der Waals surface area contributed by atoms with Gasteiger partial charge in [-0.15, -0.1) is 0 Å². The number of ether oxygens (including phenoxy) is 1. The third-order valence-electron chi connectivity index (χ3n) is 3.73. The van der Waals surface area contributed by atoms with Crippen molar-refractivity contribution in [2.45, 2.75) is 25.7 Å². The molecule has 2 aromatic rings. The van der Waals surface area contributed by atoms with Gasteiger partial charge in [0.05, 0.1) is 6.61 Å². The second-order valence-electron chi connectivity index (χ2n) is 5.73. The minimum atomic E-state index is -0.290. The lowest BCUT2D eigenvalue weighted by atomic mass is 10.1. The standard InChI is InChI=1S/C21H22BrFO2/c22-15-3-1-2-4-16-25-20-12-8-18(9-13-20)21(24)14-7-17-5-10-19(23)11-6-17/h5-14H,1-4,15-16H2. The number of benzene rings is 2. The van der Waals surface area contributed by atoms with E-state index in [0.717, 1.165) is 29.5 Å². The van der Waals surface area contributed by atoms with Gasteiger partial charge < -0.3 is 4.74 Å². The summed E-state index contributed by atoms with van der Waals surface area (Å²) < 4.78 is 18.5. The lowest BCUT2D eigenvalue weighted by molar-refractivity contribution is 0.104. The number of halogens is 2. The average Bonchev–Trinajstić information content (AvgIpc) is 2.64. The predicted octanol–water partition coefficient (Wildman–Crippen LogP) is 6.06. The molecule has 0 saturated carbocycles. The molecule has 0 fully saturated rings. The number of hydrogen-bond acceptors (Lipinski definition) is 2. The molecule has 0 bridgehead atoms. The minimum Gasteiger partial charge on any atom is -0.494 e. The molecule has 4 heteroatoms. The molecule has 0 spiro atoms. The summed E-state index contributed by atoms with van der Waals surface area (Å²) in [6.45, 7) is 0.694. The van der Waals surface area contributed by atoms with Crippen molar-refractivity contribution in [3.63, 3.8) is 0 Å². The largest absolute Gasteiger partial charge is 0.494 e. The molecule has 0 amide bonds. The van der Waals surface area contributed by atoms with Gasteiger partial charge in [-0.3, -0.25) is 4.79 Å². The number of carbonyl (C=O) groups excluding carboxylic acids is 1. The lowest BCUT2D eigenvalue weighted by Gasteiger charge is -2.06. The summed E-state index contributed by atoms with van der Waals surface area (Å²) in [5, 5.41) is 1.05. The van der Waals surface area contributed by atoms with Crippen LogP contribution < -0.4 is 4.74 Å². The van der Waals surface area contributed by atoms with E-state index in [1.165, 1.54) is 31.1 Å². The Balaban J connectivity index is 1.80. The van der Waals surface area contributed by atoms with E-state index in [2.05, 4.69) is 15.9 Å². The van der Waals surface area contributed by atoms with Crippen molar-refractivity contribution < 1.29 is 13.9 Å². The second-order valence-corrected chi connectivity index (χ2v) is 6.52. The lowest BCUT2D eigenvalue weighted by Crippen LogP contribution is -1.99. The summed E-state index contributed by atoms with van der Waals surface area (Å²) in [7, 11) is 0. The Bertz CT molecular complexity index is 678. The first-order valence-corrected chi connectivity index (χ1v) is 9.58. The zero-order valence-corrected chi connectivity index (χ0v) is 15.7. The second kappa shape index (κ2) is 10.8. The number of rotatable bonds is 10. The highest BCUT2D eigenvalue weighted by atomic mass is 79.9. The molecule has 0 saturated heterocycles. The maximum atomic E-state index is 12.8. The van der Waals surface area contributed by atoms with Crippen LogP contribution in [-0.4, -0.2) is 17.7 Å². The van der Waals surface area contributed by atoms with Crippen molar-refractivity contribution in [2.24, 2.45) is 0 Å². The van der Waals surface area contributed by atoms with Crippen molar-refractivity contribution >= 4 is 27.8 Å². The maximum Gasteiger partial charge on any atom is 0.185 e. The topological polar surface area (TPSA) is 26.3 Å². The zero-order chi connectivity index (χ0) is 17.9. The fraction of sp³-hybridized carbons (Fsp3) is 0.286. The quantitative estimate of drug-likeness (QED) is 0.208. The molecule has 0 aromatic heterocycles. The van der Waals surface area contributed by atoms with Crippen LogP contribution in [0.3, 0.4) is 0 Å². The van der Waals surface area contributed by atoms with Gasteiger partial charge >= 0.3 is 0 Å². The molecule has 0 aliphatic carbocycles. The van der Waals surface area contributed by atoms with Crippen molar-refractivity contribution in [3.8, 4) is 5.75 Å². The van der Waals surface area contributed by atoms with Gasteiger partial charge in [0.25, 0.3) is 0 Å². The van der Waals surface area contributed by atoms with E-state index in [-0.39, 0.29) is 11.6 Å². The third kappa shape index (κ3) is 7.22. The molecule has 2 aromatic carbocycles. The van der Waals surface area contributed by atoms with Gasteiger partial charge in [0.15, 0.2) is 5.78 Å². The van der Waals surface area contributed by atoms with Crippen LogP contribution in [0, 0.1) is 5.82 Å². The molecule has 0 unspecified atom stereocenters. The Labute approximate surface area is 156 Å². The Morgan fingerprint density at radius 2 is 1.64 bits per heavy atom. The molecular formula is C21H22BrFO2. The Kier molecular flexibility index (Phi) is 8.40. The summed E-state index contributed by atoms with van der Waals surface area (Å²) in [6.07, 6.45) is 7.78. The smallest absolute Gasteiger partial charge is 0.185 e. The molecule has 0 radical (unpaired) electrons. The molecule has 2 nitrogen and oxygen atoms in total. The summed E-state index contributed by atoms with van der Waals surface area (Å²) >= 11 is 3.42. The van der Waals surface area contributed by atoms with Crippen molar-refractivity contribution in [3.05, 3.63) is 71.6 Å². The Morgan fingerprint density at radius 1 is 0.960 bits per heavy atom. The van der Waals surface area contributed by atoms with Crippen molar-refractivity contribution in [2.75, 3.05) is 11.9 Å². The predicted molar refractivity (Wildman–Crippen MR) is 104 cm³/mol. The number of allylic oxidation sites excluding steroid dienone is 1. The third-order valence-corrected chi connectivity index (χ3v) is 4.29. The Morgan fingerprint density at radius 3 is 2.32 bits per heavy atom. The van der Waals surface area contributed by atoms with Crippen LogP contribution in [0.2, 0.25) is 0 Å². The fourth-order valence-electron chi connectivity index (χ4n) is 2.30. The molecule has 25 heavy (non-hydrogen) atoms. The normalized spacial score (nSPS) is 11.0. The first kappa shape index (κ1) is 19.4. The molecular weight excluding hydrogens is 383 g/mol. The maximum absolute atomic E-state index is 12.8. The zero-order valence-electron chi connectivity index (χ0n) is 14.1. The van der Waals surface area contributed by atoms with Crippen molar-refractivity contribution in [1.82, 2.24) is 0 Å². The molecule has 0 heterocycles. The van der Waals surface area contributed by atoms with E-state index in [1.54, 1.807) is 30.3 Å². The van der Waals surface area contributed by atoms with Gasteiger partial charge in [-0.05, 0) is 60.9 Å². The summed E-state index contributed by atoms with van der Waals surface area (Å²) in [4.78, 5) is 12.2. The number of hydrogen-bond donors (Lipinski definition) is 0. The number of alkyl halides is 1. The van der Waals surface area contributed by atoms with Crippen molar-refractivity contribution in [1.29, 1.82) is 0 Å². The number of ketones is 1. The van der Waals surface area contributed by atoms with Crippen LogP contribution in [0.4, 0.5) is 4.39 Å². The van der Waals surface area contributed by atoms with Crippen LogP contribution >= 0.6 is 15.9 Å². The van der Waals surface area contributed by atoms with E-state index in [4.69, 9.17) is 4.74 Å². The van der Waals surface area contributed by atoms with Gasteiger partial charge in [0, 0.05) is 10.9 Å². The highest BCUT2D eigenvalue weighted by Gasteiger charge is 2.02. The highest BCUT2D eigenvalue weighted by molar-refractivity contribution is 9.09. The monoisotopic (exact) mass is 404 g/mol. The van der Waals surface area contributed by atoms with E-state index in [0.29, 0.717) is 12.2 Å². The fourth-order valence-corrected chi connectivity index (χ4v) is 2.69. The van der Waals surface area contributed by atoms with Gasteiger partial charge in [-0.1, -0.05) is 47.0 Å². The van der Waals surface area contributed by atoms with Crippen LogP contribution in [0.15, 0.2) is 54.6 Å². The van der Waals surface area contributed by atoms with E-state index < -0.39 is 0 Å². The molecule has 2 rings (SSSR count). The molecule has 0 N–H and O–H groups in total. The highest BCUT2D eigenvalue weighted by Crippen LogP contribution is 2.14. The van der Waals surface area contributed by atoms with Gasteiger partial charge in [0.1, 0.15) is 11.6 Å². The van der Waals surface area contributed by atoms with Crippen LogP contribution in [0.5, 0.6) is 5.75 Å². The van der Waals surface area contributed by atoms with Gasteiger partial charge in [-0.25, -0.2) is 4.39 Å². The van der Waals surface area contributed by atoms with Crippen LogP contribution in [-0.2, 0) is 0 Å². The van der Waals surface area contributed by atoms with E-state index >= 15 is 0 Å². The van der Waals surface area contributed by atoms with Gasteiger partial charge in [-0.2, -0.15) is 0 Å². The summed E-state index contributed by atoms with van der Waals surface area (Å²) in [6, 6.07) is 13.2. The van der Waals surface area contributed by atoms with E-state index in [1.807, 2.05) is 12.1 Å². The minimum absolute atomic E-state index is 0.0920.